The van der Waals surface area contributed by atoms with Gasteiger partial charge in [-0.25, -0.2) is 9.97 Å². The van der Waals surface area contributed by atoms with Crippen molar-refractivity contribution in [2.45, 2.75) is 34.5 Å². The zero-order valence-corrected chi connectivity index (χ0v) is 31.2. The van der Waals surface area contributed by atoms with Gasteiger partial charge in [-0.15, -0.1) is 12.6 Å². The van der Waals surface area contributed by atoms with E-state index in [0.717, 1.165) is 0 Å². The molecule has 18 nitrogen and oxygen atoms in total. The minimum Gasteiger partial charge on any atom is -0.496 e. The Morgan fingerprint density at radius 2 is 1.27 bits per heavy atom. The van der Waals surface area contributed by atoms with Crippen LogP contribution in [0, 0.1) is 0 Å². The quantitative estimate of drug-likeness (QED) is 0.0622. The zero-order valence-electron chi connectivity index (χ0n) is 26.3. The van der Waals surface area contributed by atoms with Gasteiger partial charge < -0.3 is 4.74 Å². The van der Waals surface area contributed by atoms with Gasteiger partial charge in [0.1, 0.15) is 16.5 Å². The lowest BCUT2D eigenvalue weighted by Crippen LogP contribution is -2.07. The van der Waals surface area contributed by atoms with Gasteiger partial charge in [-0.3, -0.25) is 13.7 Å². The number of methoxy groups -OCH3 is 1. The average Bonchev–Trinajstić information content (AvgIpc) is 3.02. The van der Waals surface area contributed by atoms with Crippen LogP contribution in [0.3, 0.4) is 0 Å². The Bertz CT molecular complexity index is 2280. The molecule has 0 fully saturated rings. The van der Waals surface area contributed by atoms with E-state index in [2.05, 4.69) is 25.2 Å². The molecule has 51 heavy (non-hydrogen) atoms. The first kappa shape index (κ1) is 41.8. The maximum atomic E-state index is 11.8. The van der Waals surface area contributed by atoms with Gasteiger partial charge in [0.25, 0.3) is 30.4 Å². The van der Waals surface area contributed by atoms with Crippen LogP contribution in [0.4, 0.5) is 11.4 Å². The fourth-order valence-corrected chi connectivity index (χ4v) is 7.87. The molecule has 3 aromatic carbocycles. The lowest BCUT2D eigenvalue weighted by molar-refractivity contribution is 0.410. The fraction of sp³-hybridized carbons (Fsp3) is 0.296. The normalized spacial score (nSPS) is 12.1. The highest BCUT2D eigenvalue weighted by Crippen LogP contribution is 2.31. The lowest BCUT2D eigenvalue weighted by atomic mass is 10.1. The Balaban J connectivity index is 0.00000166. The number of hydrogen-bond acceptors (Lipinski definition) is 17. The summed E-state index contributed by atoms with van der Waals surface area (Å²) >= 11 is 2.34. The summed E-state index contributed by atoms with van der Waals surface area (Å²) < 4.78 is 126. The number of rotatable bonds is 16. The second-order valence-corrected chi connectivity index (χ2v) is 17.1. The Morgan fingerprint density at radius 3 is 1.78 bits per heavy atom. The molecule has 0 radical (unpaired) electrons. The smallest absolute Gasteiger partial charge is 0.425 e. The van der Waals surface area contributed by atoms with Crippen molar-refractivity contribution < 1.29 is 56.3 Å². The first-order chi connectivity index (χ1) is 23.8. The Hall–Kier alpha value is -3.62. The molecule has 0 spiro atoms. The minimum absolute atomic E-state index is 0.159. The molecule has 4 aromatic rings. The number of benzene rings is 3. The summed E-state index contributed by atoms with van der Waals surface area (Å²) in [6.45, 7) is 0. The van der Waals surface area contributed by atoms with Gasteiger partial charge in [0.2, 0.25) is 0 Å². The topological polar surface area (TPSA) is 287 Å². The largest absolute Gasteiger partial charge is 0.496 e. The molecule has 0 unspecified atom stereocenters. The number of aromatic nitrogens is 3. The predicted octanol–water partition coefficient (Wildman–Crippen LogP) is 4.02. The molecule has 0 saturated carbocycles. The highest BCUT2D eigenvalue weighted by molar-refractivity contribution is 7.99. The van der Waals surface area contributed by atoms with E-state index in [1.165, 1.54) is 48.8 Å². The van der Waals surface area contributed by atoms with Crippen LogP contribution in [-0.2, 0) is 47.4 Å². The molecule has 0 saturated heterocycles. The molecule has 0 aliphatic heterocycles. The summed E-state index contributed by atoms with van der Waals surface area (Å²) in [6.07, 6.45) is 0.515. The van der Waals surface area contributed by atoms with Gasteiger partial charge in [0.05, 0.1) is 30.0 Å². The number of fused-ring (bicyclic) bond motifs is 1. The van der Waals surface area contributed by atoms with Crippen molar-refractivity contribution in [2.24, 2.45) is 10.2 Å². The summed E-state index contributed by atoms with van der Waals surface area (Å²) in [6, 6.07) is 14.4. The Labute approximate surface area is 302 Å². The Morgan fingerprint density at radius 1 is 0.745 bits per heavy atom. The number of thioether (sulfide) groups is 2. The molecule has 24 heteroatoms. The average molecular weight is 824 g/mol. The SMILES string of the molecule is COc1cc(N=Nc2ccc3cccc(S(=O)(=O)O)c3c2)ccc1Cc1nc(SCCCS(=O)(=O)O)nc(SCCCS(=O)(=O)O)n1.O=S(=O)=O. The first-order valence-electron chi connectivity index (χ1n) is 14.1. The third-order valence-corrected chi connectivity index (χ3v) is 10.6. The maximum Gasteiger partial charge on any atom is 0.425 e. The van der Waals surface area contributed by atoms with Crippen molar-refractivity contribution in [3.63, 3.8) is 0 Å². The van der Waals surface area contributed by atoms with Crippen molar-refractivity contribution in [2.75, 3.05) is 30.1 Å². The van der Waals surface area contributed by atoms with Gasteiger partial charge in [-0.2, -0.15) is 40.5 Å². The van der Waals surface area contributed by atoms with Gasteiger partial charge in [-0.1, -0.05) is 47.8 Å². The second kappa shape index (κ2) is 18.7. The summed E-state index contributed by atoms with van der Waals surface area (Å²) in [5.74, 6) is 0.568. The fourth-order valence-electron chi connectivity index (χ4n) is 4.14. The van der Waals surface area contributed by atoms with E-state index in [1.807, 2.05) is 0 Å². The van der Waals surface area contributed by atoms with E-state index in [1.54, 1.807) is 36.4 Å². The number of azo groups is 1. The second-order valence-electron chi connectivity index (χ2n) is 10.0. The van der Waals surface area contributed by atoms with Crippen LogP contribution in [0.15, 0.2) is 80.0 Å². The predicted molar refractivity (Wildman–Crippen MR) is 187 cm³/mol. The standard InChI is InChI=1S/C27H29N5O10S5.O3S/c1-42-23-17-21(32-31-20-9-7-18-5-2-6-24(22(18)16-20)47(39,40)41)10-8-19(23)15-25-28-26(43-11-3-13-45(33,34)35)30-27(29-25)44-12-4-14-46(36,37)38;1-4(2)3/h2,5-10,16-17H,3-4,11-15H2,1H3,(H,33,34,35)(H,36,37,38)(H,39,40,41);. The summed E-state index contributed by atoms with van der Waals surface area (Å²) in [5, 5.41) is 9.96. The monoisotopic (exact) mass is 823 g/mol. The highest BCUT2D eigenvalue weighted by Gasteiger charge is 2.15. The summed E-state index contributed by atoms with van der Waals surface area (Å²) in [5.41, 5.74) is 1.46. The maximum absolute atomic E-state index is 11.8. The molecule has 3 N–H and O–H groups in total. The van der Waals surface area contributed by atoms with Crippen LogP contribution in [0.5, 0.6) is 5.75 Å². The lowest BCUT2D eigenvalue weighted by Gasteiger charge is -2.10. The van der Waals surface area contributed by atoms with E-state index < -0.39 is 52.5 Å². The van der Waals surface area contributed by atoms with Crippen LogP contribution in [0.2, 0.25) is 0 Å². The minimum atomic E-state index is -4.45. The summed E-state index contributed by atoms with van der Waals surface area (Å²) in [7, 11) is -14.3. The van der Waals surface area contributed by atoms with Crippen LogP contribution >= 0.6 is 23.5 Å². The van der Waals surface area contributed by atoms with Crippen molar-refractivity contribution >= 4 is 86.6 Å². The van der Waals surface area contributed by atoms with Crippen LogP contribution in [-0.4, -0.2) is 96.6 Å². The molecule has 0 aliphatic rings. The highest BCUT2D eigenvalue weighted by atomic mass is 32.2. The van der Waals surface area contributed by atoms with E-state index in [-0.39, 0.29) is 24.2 Å². The van der Waals surface area contributed by atoms with Crippen LogP contribution in [0.25, 0.3) is 10.8 Å². The van der Waals surface area contributed by atoms with Gasteiger partial charge in [0, 0.05) is 34.9 Å². The molecule has 276 valence electrons. The number of nitrogens with zero attached hydrogens (tertiary/aromatic N) is 5. The van der Waals surface area contributed by atoms with Crippen LogP contribution < -0.4 is 4.74 Å². The molecule has 0 amide bonds. The Kier molecular flexibility index (Phi) is 15.4. The van der Waals surface area contributed by atoms with Crippen LogP contribution in [0.1, 0.15) is 24.2 Å². The molecule has 4 rings (SSSR count). The molecule has 1 heterocycles. The molecule has 0 atom stereocenters. The molecule has 0 bridgehead atoms. The molecule has 1 aromatic heterocycles. The van der Waals surface area contributed by atoms with E-state index in [4.69, 9.17) is 26.5 Å². The number of ether oxygens (including phenoxy) is 1. The third-order valence-electron chi connectivity index (χ3n) is 6.20. The van der Waals surface area contributed by atoms with Gasteiger partial charge >= 0.3 is 10.6 Å². The van der Waals surface area contributed by atoms with Crippen molar-refractivity contribution in [1.29, 1.82) is 0 Å². The van der Waals surface area contributed by atoms with E-state index in [0.29, 0.717) is 61.1 Å². The van der Waals surface area contributed by atoms with Gasteiger partial charge in [-0.05, 0) is 42.5 Å². The van der Waals surface area contributed by atoms with Crippen molar-refractivity contribution in [3.8, 4) is 5.75 Å². The van der Waals surface area contributed by atoms with Gasteiger partial charge in [0.15, 0.2) is 10.3 Å². The summed E-state index contributed by atoms with van der Waals surface area (Å²) in [4.78, 5) is 13.1. The first-order valence-corrected chi connectivity index (χ1v) is 21.7. The molecule has 0 aliphatic carbocycles. The number of hydrogen-bond donors (Lipinski definition) is 3. The third kappa shape index (κ3) is 15.3. The molecular weight excluding hydrogens is 795 g/mol. The van der Waals surface area contributed by atoms with Crippen molar-refractivity contribution in [3.05, 3.63) is 66.0 Å². The van der Waals surface area contributed by atoms with E-state index in [9.17, 15) is 29.8 Å². The zero-order chi connectivity index (χ0) is 37.8. The molecular formula is C27H29N5O13S6. The van der Waals surface area contributed by atoms with Crippen molar-refractivity contribution in [1.82, 2.24) is 15.0 Å². The van der Waals surface area contributed by atoms with E-state index >= 15 is 0 Å².